The Hall–Kier alpha value is -1.75. The fraction of sp³-hybridized carbons (Fsp3) is 0.273. The number of anilines is 1. The van der Waals surface area contributed by atoms with Crippen molar-refractivity contribution in [3.8, 4) is 0 Å². The molecule has 17 heavy (non-hydrogen) atoms. The van der Waals surface area contributed by atoms with Crippen LogP contribution in [0, 0.1) is 0 Å². The molecule has 0 unspecified atom stereocenters. The number of carboxylic acids is 1. The third kappa shape index (κ3) is 4.74. The number of halogens is 1. The molecule has 0 fully saturated rings. The number of aliphatic carboxylic acids is 1. The van der Waals surface area contributed by atoms with Gasteiger partial charge < -0.3 is 15.3 Å². The van der Waals surface area contributed by atoms with E-state index in [1.54, 1.807) is 24.3 Å². The SMILES string of the molecule is CN(C)c1ccc(C(=O)NCC(=O)O)cc1.Cl. The second kappa shape index (κ2) is 6.75. The lowest BCUT2D eigenvalue weighted by Crippen LogP contribution is -2.29. The van der Waals surface area contributed by atoms with Crippen LogP contribution < -0.4 is 10.2 Å². The number of hydrogen-bond acceptors (Lipinski definition) is 3. The van der Waals surface area contributed by atoms with Gasteiger partial charge in [0.2, 0.25) is 0 Å². The largest absolute Gasteiger partial charge is 0.480 e. The number of nitrogens with zero attached hydrogens (tertiary/aromatic N) is 1. The van der Waals surface area contributed by atoms with Gasteiger partial charge in [0.25, 0.3) is 5.91 Å². The molecule has 0 spiro atoms. The zero-order chi connectivity index (χ0) is 12.1. The van der Waals surface area contributed by atoms with Gasteiger partial charge in [0.15, 0.2) is 0 Å². The molecular formula is C11H15ClN2O3. The molecule has 0 aliphatic carbocycles. The Morgan fingerprint density at radius 1 is 1.24 bits per heavy atom. The molecule has 0 aliphatic heterocycles. The first-order chi connectivity index (χ1) is 7.50. The van der Waals surface area contributed by atoms with Crippen molar-refractivity contribution in [2.75, 3.05) is 25.5 Å². The molecule has 0 aliphatic rings. The van der Waals surface area contributed by atoms with E-state index in [0.29, 0.717) is 5.56 Å². The number of hydrogen-bond donors (Lipinski definition) is 2. The molecule has 6 heteroatoms. The van der Waals surface area contributed by atoms with Gasteiger partial charge in [-0.15, -0.1) is 12.4 Å². The number of carbonyl (C=O) groups excluding carboxylic acids is 1. The average molecular weight is 259 g/mol. The van der Waals surface area contributed by atoms with Crippen LogP contribution in [0.3, 0.4) is 0 Å². The van der Waals surface area contributed by atoms with Crippen LogP contribution in [-0.4, -0.2) is 37.6 Å². The molecular weight excluding hydrogens is 244 g/mol. The Kier molecular flexibility index (Phi) is 6.06. The minimum absolute atomic E-state index is 0. The Morgan fingerprint density at radius 2 is 1.76 bits per heavy atom. The van der Waals surface area contributed by atoms with E-state index in [0.717, 1.165) is 5.69 Å². The van der Waals surface area contributed by atoms with Crippen LogP contribution in [0.5, 0.6) is 0 Å². The van der Waals surface area contributed by atoms with Gasteiger partial charge >= 0.3 is 5.97 Å². The number of nitrogens with one attached hydrogen (secondary N) is 1. The number of carboxylic acid groups (broad SMARTS) is 1. The predicted molar refractivity (Wildman–Crippen MR) is 68.0 cm³/mol. The van der Waals surface area contributed by atoms with Crippen LogP contribution in [0.25, 0.3) is 0 Å². The van der Waals surface area contributed by atoms with E-state index in [-0.39, 0.29) is 24.9 Å². The van der Waals surface area contributed by atoms with Gasteiger partial charge in [-0.2, -0.15) is 0 Å². The fourth-order valence-electron chi connectivity index (χ4n) is 1.17. The van der Waals surface area contributed by atoms with E-state index in [9.17, 15) is 9.59 Å². The van der Waals surface area contributed by atoms with Crippen molar-refractivity contribution in [3.63, 3.8) is 0 Å². The van der Waals surface area contributed by atoms with Crippen LogP contribution in [-0.2, 0) is 4.79 Å². The lowest BCUT2D eigenvalue weighted by atomic mass is 10.2. The van der Waals surface area contributed by atoms with Crippen LogP contribution >= 0.6 is 12.4 Å². The van der Waals surface area contributed by atoms with Gasteiger partial charge in [0.1, 0.15) is 6.54 Å². The topological polar surface area (TPSA) is 69.6 Å². The van der Waals surface area contributed by atoms with Gasteiger partial charge in [0, 0.05) is 25.3 Å². The number of amides is 1. The third-order valence-corrected chi connectivity index (χ3v) is 2.05. The lowest BCUT2D eigenvalue weighted by Gasteiger charge is -2.12. The quantitative estimate of drug-likeness (QED) is 0.845. The van der Waals surface area contributed by atoms with E-state index in [4.69, 9.17) is 5.11 Å². The van der Waals surface area contributed by atoms with Crippen LogP contribution in [0.15, 0.2) is 24.3 Å². The summed E-state index contributed by atoms with van der Waals surface area (Å²) in [5.41, 5.74) is 1.43. The first-order valence-corrected chi connectivity index (χ1v) is 4.78. The molecule has 0 heterocycles. The van der Waals surface area contributed by atoms with Crippen molar-refractivity contribution in [1.29, 1.82) is 0 Å². The average Bonchev–Trinajstić information content (AvgIpc) is 2.26. The maximum absolute atomic E-state index is 11.4. The van der Waals surface area contributed by atoms with Gasteiger partial charge in [-0.1, -0.05) is 0 Å². The predicted octanol–water partition coefficient (Wildman–Crippen LogP) is 0.989. The monoisotopic (exact) mass is 258 g/mol. The molecule has 0 atom stereocenters. The third-order valence-electron chi connectivity index (χ3n) is 2.05. The van der Waals surface area contributed by atoms with Crippen molar-refractivity contribution < 1.29 is 14.7 Å². The minimum atomic E-state index is -1.06. The number of rotatable bonds is 4. The summed E-state index contributed by atoms with van der Waals surface area (Å²) in [6.45, 7) is -0.367. The van der Waals surface area contributed by atoms with E-state index in [1.165, 1.54) is 0 Å². The molecule has 0 saturated carbocycles. The molecule has 2 N–H and O–H groups in total. The summed E-state index contributed by atoms with van der Waals surface area (Å²) in [5, 5.41) is 10.7. The van der Waals surface area contributed by atoms with Crippen molar-refractivity contribution in [3.05, 3.63) is 29.8 Å². The second-order valence-corrected chi connectivity index (χ2v) is 3.52. The first-order valence-electron chi connectivity index (χ1n) is 4.78. The molecule has 1 aromatic carbocycles. The Balaban J connectivity index is 0.00000256. The van der Waals surface area contributed by atoms with E-state index >= 15 is 0 Å². The number of carbonyl (C=O) groups is 2. The summed E-state index contributed by atoms with van der Waals surface area (Å²) < 4.78 is 0. The highest BCUT2D eigenvalue weighted by molar-refractivity contribution is 5.96. The van der Waals surface area contributed by atoms with Gasteiger partial charge in [-0.25, -0.2) is 0 Å². The van der Waals surface area contributed by atoms with Gasteiger partial charge in [-0.05, 0) is 24.3 Å². The zero-order valence-corrected chi connectivity index (χ0v) is 10.5. The zero-order valence-electron chi connectivity index (χ0n) is 9.64. The fourth-order valence-corrected chi connectivity index (χ4v) is 1.17. The molecule has 0 saturated heterocycles. The summed E-state index contributed by atoms with van der Waals surface area (Å²) in [6.07, 6.45) is 0. The molecule has 5 nitrogen and oxygen atoms in total. The van der Waals surface area contributed by atoms with Crippen LogP contribution in [0.4, 0.5) is 5.69 Å². The molecule has 1 aromatic rings. The van der Waals surface area contributed by atoms with E-state index in [2.05, 4.69) is 5.32 Å². The van der Waals surface area contributed by atoms with Crippen molar-refractivity contribution in [2.45, 2.75) is 0 Å². The summed E-state index contributed by atoms with van der Waals surface area (Å²) >= 11 is 0. The summed E-state index contributed by atoms with van der Waals surface area (Å²) in [6, 6.07) is 6.92. The first kappa shape index (κ1) is 15.2. The van der Waals surface area contributed by atoms with Crippen LogP contribution in [0.1, 0.15) is 10.4 Å². The van der Waals surface area contributed by atoms with Gasteiger partial charge in [-0.3, -0.25) is 9.59 Å². The maximum Gasteiger partial charge on any atom is 0.322 e. The van der Waals surface area contributed by atoms with E-state index in [1.807, 2.05) is 19.0 Å². The smallest absolute Gasteiger partial charge is 0.322 e. The Bertz CT molecular complexity index is 390. The number of benzene rings is 1. The molecule has 0 bridgehead atoms. The highest BCUT2D eigenvalue weighted by Crippen LogP contribution is 2.11. The minimum Gasteiger partial charge on any atom is -0.480 e. The second-order valence-electron chi connectivity index (χ2n) is 3.52. The summed E-state index contributed by atoms with van der Waals surface area (Å²) in [4.78, 5) is 23.6. The Labute approximate surface area is 106 Å². The van der Waals surface area contributed by atoms with Crippen molar-refractivity contribution in [1.82, 2.24) is 5.32 Å². The molecule has 0 aromatic heterocycles. The Morgan fingerprint density at radius 3 is 2.18 bits per heavy atom. The molecule has 1 amide bonds. The van der Waals surface area contributed by atoms with Crippen molar-refractivity contribution in [2.24, 2.45) is 0 Å². The standard InChI is InChI=1S/C11H14N2O3.ClH/c1-13(2)9-5-3-8(4-6-9)11(16)12-7-10(14)15;/h3-6H,7H2,1-2H3,(H,12,16)(H,14,15);1H. The highest BCUT2D eigenvalue weighted by Gasteiger charge is 2.06. The summed E-state index contributed by atoms with van der Waals surface area (Å²) in [7, 11) is 3.80. The summed E-state index contributed by atoms with van der Waals surface area (Å²) in [5.74, 6) is -1.44. The molecule has 94 valence electrons. The van der Waals surface area contributed by atoms with Crippen LogP contribution in [0.2, 0.25) is 0 Å². The molecule has 0 radical (unpaired) electrons. The normalized spacial score (nSPS) is 9.06. The van der Waals surface area contributed by atoms with E-state index < -0.39 is 5.97 Å². The van der Waals surface area contributed by atoms with Gasteiger partial charge in [0.05, 0.1) is 0 Å². The maximum atomic E-state index is 11.4. The lowest BCUT2D eigenvalue weighted by molar-refractivity contribution is -0.135. The van der Waals surface area contributed by atoms with Crippen molar-refractivity contribution >= 4 is 30.0 Å². The molecule has 1 rings (SSSR count). The highest BCUT2D eigenvalue weighted by atomic mass is 35.5.